The molecule has 16 heavy (non-hydrogen) atoms. The molecule has 2 aromatic carbocycles. The zero-order chi connectivity index (χ0) is 11.7. The Labute approximate surface area is 100 Å². The van der Waals surface area contributed by atoms with E-state index in [9.17, 15) is 9.18 Å². The van der Waals surface area contributed by atoms with Crippen molar-refractivity contribution in [3.8, 4) is 5.75 Å². The maximum Gasteiger partial charge on any atom is 0.308 e. The van der Waals surface area contributed by atoms with Gasteiger partial charge in [0.2, 0.25) is 0 Å². The quantitative estimate of drug-likeness (QED) is 0.589. The van der Waals surface area contributed by atoms with Crippen molar-refractivity contribution in [3.05, 3.63) is 40.6 Å². The first-order valence-corrected chi connectivity index (χ1v) is 5.44. The molecule has 2 aromatic rings. The molecule has 82 valence electrons. The molecule has 0 bridgehead atoms. The highest BCUT2D eigenvalue weighted by Crippen LogP contribution is 2.34. The van der Waals surface area contributed by atoms with Gasteiger partial charge in [-0.05, 0) is 11.5 Å². The van der Waals surface area contributed by atoms with Gasteiger partial charge in [-0.2, -0.15) is 0 Å². The molecule has 2 nitrogen and oxygen atoms in total. The van der Waals surface area contributed by atoms with Crippen molar-refractivity contribution in [2.45, 2.75) is 6.92 Å². The number of rotatable bonds is 1. The summed E-state index contributed by atoms with van der Waals surface area (Å²) in [6, 6.07) is 8.43. The Morgan fingerprint density at radius 3 is 2.56 bits per heavy atom. The number of benzene rings is 2. The van der Waals surface area contributed by atoms with E-state index in [0.29, 0.717) is 9.86 Å². The molecule has 0 unspecified atom stereocenters. The molecule has 0 aliphatic rings. The summed E-state index contributed by atoms with van der Waals surface area (Å²) >= 11 is 3.27. The van der Waals surface area contributed by atoms with E-state index >= 15 is 0 Å². The van der Waals surface area contributed by atoms with Crippen LogP contribution in [0.4, 0.5) is 4.39 Å². The zero-order valence-electron chi connectivity index (χ0n) is 8.46. The van der Waals surface area contributed by atoms with E-state index in [4.69, 9.17) is 4.74 Å². The van der Waals surface area contributed by atoms with Gasteiger partial charge in [0.15, 0.2) is 11.6 Å². The molecule has 0 aliphatic carbocycles. The van der Waals surface area contributed by atoms with E-state index < -0.39 is 11.8 Å². The number of hydrogen-bond acceptors (Lipinski definition) is 2. The van der Waals surface area contributed by atoms with E-state index in [0.717, 1.165) is 5.39 Å². The van der Waals surface area contributed by atoms with Crippen molar-refractivity contribution in [1.82, 2.24) is 0 Å². The molecule has 0 saturated heterocycles. The molecule has 0 atom stereocenters. The maximum atomic E-state index is 13.6. The Kier molecular flexibility index (Phi) is 2.92. The number of fused-ring (bicyclic) bond motifs is 1. The average Bonchev–Trinajstić information content (AvgIpc) is 2.24. The van der Waals surface area contributed by atoms with Crippen LogP contribution in [0.5, 0.6) is 5.75 Å². The monoisotopic (exact) mass is 282 g/mol. The van der Waals surface area contributed by atoms with Gasteiger partial charge in [-0.25, -0.2) is 4.39 Å². The first kappa shape index (κ1) is 11.1. The van der Waals surface area contributed by atoms with Crippen LogP contribution in [-0.4, -0.2) is 5.97 Å². The fourth-order valence-corrected chi connectivity index (χ4v) is 2.07. The van der Waals surface area contributed by atoms with Gasteiger partial charge in [-0.15, -0.1) is 0 Å². The Hall–Kier alpha value is -1.42. The summed E-state index contributed by atoms with van der Waals surface area (Å²) in [6.07, 6.45) is 0. The Morgan fingerprint density at radius 2 is 1.94 bits per heavy atom. The molecule has 0 saturated carbocycles. The topological polar surface area (TPSA) is 26.3 Å². The number of halogens is 2. The summed E-state index contributed by atoms with van der Waals surface area (Å²) in [6.45, 7) is 1.25. The number of ether oxygens (including phenoxy) is 1. The van der Waals surface area contributed by atoms with Gasteiger partial charge in [-0.1, -0.05) is 40.2 Å². The Morgan fingerprint density at radius 1 is 1.31 bits per heavy atom. The molecule has 0 fully saturated rings. The second-order valence-electron chi connectivity index (χ2n) is 3.31. The molecular weight excluding hydrogens is 275 g/mol. The number of carbonyl (C=O) groups excluding carboxylic acids is 1. The number of carbonyl (C=O) groups is 1. The lowest BCUT2D eigenvalue weighted by Gasteiger charge is -2.08. The van der Waals surface area contributed by atoms with Crippen LogP contribution in [0.2, 0.25) is 0 Å². The highest BCUT2D eigenvalue weighted by Gasteiger charge is 2.13. The van der Waals surface area contributed by atoms with Gasteiger partial charge in [0.05, 0.1) is 0 Å². The number of hydrogen-bond donors (Lipinski definition) is 0. The van der Waals surface area contributed by atoms with Crippen molar-refractivity contribution in [2.75, 3.05) is 0 Å². The summed E-state index contributed by atoms with van der Waals surface area (Å²) in [5.41, 5.74) is 0. The van der Waals surface area contributed by atoms with Crippen LogP contribution in [0.25, 0.3) is 10.8 Å². The van der Waals surface area contributed by atoms with E-state index in [1.807, 2.05) is 12.1 Å². The van der Waals surface area contributed by atoms with Gasteiger partial charge in [-0.3, -0.25) is 4.79 Å². The minimum Gasteiger partial charge on any atom is -0.423 e. The molecule has 4 heteroatoms. The maximum absolute atomic E-state index is 13.6. The van der Waals surface area contributed by atoms with Gasteiger partial charge in [0.25, 0.3) is 0 Å². The zero-order valence-corrected chi connectivity index (χ0v) is 10.0. The van der Waals surface area contributed by atoms with E-state index in [1.54, 1.807) is 12.1 Å². The second-order valence-corrected chi connectivity index (χ2v) is 4.16. The Bertz CT molecular complexity index is 566. The standard InChI is InChI=1S/C12H8BrFO2/c1-7(15)16-12-9-5-3-2-4-8(9)10(13)6-11(12)14/h2-6H,1H3. The second kappa shape index (κ2) is 4.22. The molecule has 0 aromatic heterocycles. The average molecular weight is 283 g/mol. The van der Waals surface area contributed by atoms with Crippen LogP contribution in [0.3, 0.4) is 0 Å². The van der Waals surface area contributed by atoms with Crippen LogP contribution in [0.15, 0.2) is 34.8 Å². The third-order valence-electron chi connectivity index (χ3n) is 2.15. The summed E-state index contributed by atoms with van der Waals surface area (Å²) in [7, 11) is 0. The van der Waals surface area contributed by atoms with Crippen molar-refractivity contribution in [3.63, 3.8) is 0 Å². The third-order valence-corrected chi connectivity index (χ3v) is 2.80. The predicted octanol–water partition coefficient (Wildman–Crippen LogP) is 3.67. The Balaban J connectivity index is 2.76. The summed E-state index contributed by atoms with van der Waals surface area (Å²) < 4.78 is 19.1. The molecule has 2 rings (SSSR count). The smallest absolute Gasteiger partial charge is 0.308 e. The van der Waals surface area contributed by atoms with Crippen LogP contribution in [0, 0.1) is 5.82 Å². The lowest BCUT2D eigenvalue weighted by Crippen LogP contribution is -2.03. The van der Waals surface area contributed by atoms with Gasteiger partial charge in [0.1, 0.15) is 0 Å². The van der Waals surface area contributed by atoms with Crippen LogP contribution in [0.1, 0.15) is 6.92 Å². The fourth-order valence-electron chi connectivity index (χ4n) is 1.52. The molecule has 0 amide bonds. The van der Waals surface area contributed by atoms with E-state index in [-0.39, 0.29) is 5.75 Å². The van der Waals surface area contributed by atoms with Crippen LogP contribution in [-0.2, 0) is 4.79 Å². The van der Waals surface area contributed by atoms with Gasteiger partial charge in [0, 0.05) is 16.8 Å². The SMILES string of the molecule is CC(=O)Oc1c(F)cc(Br)c2ccccc12. The van der Waals surface area contributed by atoms with Crippen LogP contribution >= 0.6 is 15.9 Å². The fraction of sp³-hybridized carbons (Fsp3) is 0.0833. The van der Waals surface area contributed by atoms with E-state index in [1.165, 1.54) is 13.0 Å². The van der Waals surface area contributed by atoms with E-state index in [2.05, 4.69) is 15.9 Å². The minimum atomic E-state index is -0.555. The lowest BCUT2D eigenvalue weighted by atomic mass is 10.1. The molecule has 0 N–H and O–H groups in total. The molecule has 0 spiro atoms. The summed E-state index contributed by atoms with van der Waals surface area (Å²) in [4.78, 5) is 10.9. The summed E-state index contributed by atoms with van der Waals surface area (Å²) in [5.74, 6) is -1.11. The largest absolute Gasteiger partial charge is 0.423 e. The molecule has 0 heterocycles. The highest BCUT2D eigenvalue weighted by atomic mass is 79.9. The first-order chi connectivity index (χ1) is 7.59. The van der Waals surface area contributed by atoms with Crippen molar-refractivity contribution in [1.29, 1.82) is 0 Å². The van der Waals surface area contributed by atoms with Gasteiger partial charge >= 0.3 is 5.97 Å². The molecular formula is C12H8BrFO2. The highest BCUT2D eigenvalue weighted by molar-refractivity contribution is 9.10. The first-order valence-electron chi connectivity index (χ1n) is 4.65. The number of esters is 1. The molecule has 0 aliphatic heterocycles. The third kappa shape index (κ3) is 1.93. The van der Waals surface area contributed by atoms with Crippen LogP contribution < -0.4 is 4.74 Å². The normalized spacial score (nSPS) is 10.4. The van der Waals surface area contributed by atoms with Crippen molar-refractivity contribution < 1.29 is 13.9 Å². The van der Waals surface area contributed by atoms with Gasteiger partial charge < -0.3 is 4.74 Å². The summed E-state index contributed by atoms with van der Waals surface area (Å²) in [5, 5.41) is 1.38. The lowest BCUT2D eigenvalue weighted by molar-refractivity contribution is -0.132. The minimum absolute atomic E-state index is 0.0219. The molecule has 0 radical (unpaired) electrons. The van der Waals surface area contributed by atoms with Crippen molar-refractivity contribution >= 4 is 32.7 Å². The predicted molar refractivity (Wildman–Crippen MR) is 62.9 cm³/mol. The van der Waals surface area contributed by atoms with Crippen molar-refractivity contribution in [2.24, 2.45) is 0 Å².